The van der Waals surface area contributed by atoms with E-state index in [2.05, 4.69) is 13.5 Å². The third-order valence-corrected chi connectivity index (χ3v) is 3.64. The minimum atomic E-state index is 0.108. The lowest BCUT2D eigenvalue weighted by molar-refractivity contribution is -0.127. The third kappa shape index (κ3) is 1.28. The molecule has 13 heavy (non-hydrogen) atoms. The summed E-state index contributed by atoms with van der Waals surface area (Å²) < 4.78 is 0. The van der Waals surface area contributed by atoms with Crippen molar-refractivity contribution in [2.24, 2.45) is 5.41 Å². The molecule has 0 aromatic carbocycles. The molecule has 0 radical (unpaired) electrons. The summed E-state index contributed by atoms with van der Waals surface area (Å²) in [5.74, 6) is 0.108. The van der Waals surface area contributed by atoms with Gasteiger partial charge in [-0.25, -0.2) is 0 Å². The van der Waals surface area contributed by atoms with E-state index in [0.29, 0.717) is 11.5 Å². The number of hydrogen-bond acceptors (Lipinski definition) is 1. The Labute approximate surface area is 79.6 Å². The van der Waals surface area contributed by atoms with E-state index in [9.17, 15) is 4.79 Å². The first-order valence-electron chi connectivity index (χ1n) is 5.10. The Hall–Kier alpha value is -0.790. The molecule has 1 amide bonds. The summed E-state index contributed by atoms with van der Waals surface area (Å²) in [4.78, 5) is 13.4. The molecule has 0 unspecified atom stereocenters. The number of hydrogen-bond donors (Lipinski definition) is 0. The highest BCUT2D eigenvalue weighted by Crippen LogP contribution is 2.50. The number of rotatable bonds is 1. The zero-order valence-electron chi connectivity index (χ0n) is 8.25. The minimum Gasteiger partial charge on any atom is -0.336 e. The molecule has 1 heterocycles. The van der Waals surface area contributed by atoms with Gasteiger partial charge in [0, 0.05) is 12.6 Å². The Morgan fingerprint density at radius 1 is 1.62 bits per heavy atom. The Morgan fingerprint density at radius 3 is 2.69 bits per heavy atom. The molecule has 0 bridgehead atoms. The van der Waals surface area contributed by atoms with Crippen LogP contribution < -0.4 is 0 Å². The van der Waals surface area contributed by atoms with Gasteiger partial charge in [0.25, 0.3) is 0 Å². The van der Waals surface area contributed by atoms with Crippen molar-refractivity contribution in [1.29, 1.82) is 0 Å². The van der Waals surface area contributed by atoms with Crippen LogP contribution >= 0.6 is 0 Å². The predicted molar refractivity (Wildman–Crippen MR) is 52.3 cm³/mol. The Morgan fingerprint density at radius 2 is 2.31 bits per heavy atom. The van der Waals surface area contributed by atoms with Crippen molar-refractivity contribution in [3.63, 3.8) is 0 Å². The zero-order chi connectivity index (χ0) is 9.47. The molecule has 1 saturated heterocycles. The normalized spacial score (nSPS) is 30.2. The summed E-state index contributed by atoms with van der Waals surface area (Å²) in [6.45, 7) is 6.66. The molecule has 1 aliphatic heterocycles. The van der Waals surface area contributed by atoms with Crippen LogP contribution in [-0.4, -0.2) is 23.4 Å². The molecule has 0 aromatic rings. The Bertz CT molecular complexity index is 242. The molecular formula is C11H17NO. The number of carbonyl (C=O) groups is 1. The van der Waals surface area contributed by atoms with E-state index in [4.69, 9.17) is 0 Å². The molecule has 1 saturated carbocycles. The number of carbonyl (C=O) groups excluding carboxylic acids is 1. The first-order chi connectivity index (χ1) is 6.17. The quantitative estimate of drug-likeness (QED) is 0.563. The standard InChI is InChI=1S/C11H17NO/c1-3-10(13)12-8-11(5-4-6-11)7-9(12)2/h3,9H,1,4-8H2,2H3/t9-/m1/s1. The summed E-state index contributed by atoms with van der Waals surface area (Å²) in [5, 5.41) is 0. The van der Waals surface area contributed by atoms with Gasteiger partial charge in [-0.3, -0.25) is 4.79 Å². The van der Waals surface area contributed by atoms with Crippen molar-refractivity contribution >= 4 is 5.91 Å². The monoisotopic (exact) mass is 179 g/mol. The average molecular weight is 179 g/mol. The molecule has 0 N–H and O–H groups in total. The lowest BCUT2D eigenvalue weighted by Gasteiger charge is -2.37. The lowest BCUT2D eigenvalue weighted by Crippen LogP contribution is -2.36. The summed E-state index contributed by atoms with van der Waals surface area (Å²) in [7, 11) is 0. The molecule has 2 fully saturated rings. The van der Waals surface area contributed by atoms with E-state index in [1.165, 1.54) is 31.8 Å². The number of amides is 1. The molecule has 1 atom stereocenters. The fraction of sp³-hybridized carbons (Fsp3) is 0.727. The highest BCUT2D eigenvalue weighted by Gasteiger charge is 2.46. The molecule has 2 heteroatoms. The molecule has 2 rings (SSSR count). The fourth-order valence-corrected chi connectivity index (χ4v) is 2.77. The predicted octanol–water partition coefficient (Wildman–Crippen LogP) is 1.96. The maximum atomic E-state index is 11.5. The average Bonchev–Trinajstić information content (AvgIpc) is 2.41. The van der Waals surface area contributed by atoms with Gasteiger partial charge in [0.1, 0.15) is 0 Å². The van der Waals surface area contributed by atoms with Gasteiger partial charge in [0.15, 0.2) is 0 Å². The van der Waals surface area contributed by atoms with Gasteiger partial charge in [-0.15, -0.1) is 0 Å². The van der Waals surface area contributed by atoms with Gasteiger partial charge in [-0.1, -0.05) is 13.0 Å². The van der Waals surface area contributed by atoms with Crippen LogP contribution in [0.3, 0.4) is 0 Å². The van der Waals surface area contributed by atoms with E-state index >= 15 is 0 Å². The molecule has 72 valence electrons. The molecule has 2 aliphatic rings. The molecule has 2 nitrogen and oxygen atoms in total. The van der Waals surface area contributed by atoms with Crippen LogP contribution in [0.1, 0.15) is 32.6 Å². The molecule has 1 spiro atoms. The summed E-state index contributed by atoms with van der Waals surface area (Å²) in [6, 6.07) is 0.422. The van der Waals surface area contributed by atoms with Gasteiger partial charge < -0.3 is 4.90 Å². The fourth-order valence-electron chi connectivity index (χ4n) is 2.77. The highest BCUT2D eigenvalue weighted by molar-refractivity contribution is 5.87. The van der Waals surface area contributed by atoms with Crippen LogP contribution in [0, 0.1) is 5.41 Å². The van der Waals surface area contributed by atoms with Gasteiger partial charge in [0.2, 0.25) is 5.91 Å². The first-order valence-corrected chi connectivity index (χ1v) is 5.10. The second-order valence-electron chi connectivity index (χ2n) is 4.58. The Balaban J connectivity index is 2.07. The van der Waals surface area contributed by atoms with Gasteiger partial charge in [0.05, 0.1) is 0 Å². The van der Waals surface area contributed by atoms with Gasteiger partial charge >= 0.3 is 0 Å². The second-order valence-corrected chi connectivity index (χ2v) is 4.58. The Kier molecular flexibility index (Phi) is 1.94. The molecule has 0 aromatic heterocycles. The third-order valence-electron chi connectivity index (χ3n) is 3.64. The van der Waals surface area contributed by atoms with Crippen LogP contribution in [0.2, 0.25) is 0 Å². The van der Waals surface area contributed by atoms with E-state index in [0.717, 1.165) is 6.54 Å². The van der Waals surface area contributed by atoms with Gasteiger partial charge in [-0.05, 0) is 37.7 Å². The van der Waals surface area contributed by atoms with E-state index in [1.807, 2.05) is 4.90 Å². The van der Waals surface area contributed by atoms with Crippen molar-refractivity contribution in [2.75, 3.05) is 6.54 Å². The SMILES string of the molecule is C=CC(=O)N1CC2(CCC2)C[C@H]1C. The molecule has 1 aliphatic carbocycles. The first kappa shape index (κ1) is 8.79. The minimum absolute atomic E-state index is 0.108. The van der Waals surface area contributed by atoms with Crippen molar-refractivity contribution in [3.8, 4) is 0 Å². The number of likely N-dealkylation sites (tertiary alicyclic amines) is 1. The van der Waals surface area contributed by atoms with Crippen LogP contribution in [0.4, 0.5) is 0 Å². The largest absolute Gasteiger partial charge is 0.336 e. The summed E-state index contributed by atoms with van der Waals surface area (Å²) >= 11 is 0. The summed E-state index contributed by atoms with van der Waals surface area (Å²) in [5.41, 5.74) is 0.498. The number of nitrogens with zero attached hydrogens (tertiary/aromatic N) is 1. The topological polar surface area (TPSA) is 20.3 Å². The molecular weight excluding hydrogens is 162 g/mol. The maximum Gasteiger partial charge on any atom is 0.246 e. The van der Waals surface area contributed by atoms with Crippen molar-refractivity contribution in [2.45, 2.75) is 38.6 Å². The van der Waals surface area contributed by atoms with Crippen LogP contribution in [-0.2, 0) is 4.79 Å². The van der Waals surface area contributed by atoms with Gasteiger partial charge in [-0.2, -0.15) is 0 Å². The second kappa shape index (κ2) is 2.86. The van der Waals surface area contributed by atoms with Crippen LogP contribution in [0.15, 0.2) is 12.7 Å². The highest BCUT2D eigenvalue weighted by atomic mass is 16.2. The van der Waals surface area contributed by atoms with Crippen molar-refractivity contribution in [3.05, 3.63) is 12.7 Å². The van der Waals surface area contributed by atoms with Crippen LogP contribution in [0.25, 0.3) is 0 Å². The van der Waals surface area contributed by atoms with E-state index in [-0.39, 0.29) is 5.91 Å². The maximum absolute atomic E-state index is 11.5. The summed E-state index contributed by atoms with van der Waals surface area (Å²) in [6.07, 6.45) is 6.63. The lowest BCUT2D eigenvalue weighted by atomic mass is 9.68. The zero-order valence-corrected chi connectivity index (χ0v) is 8.25. The smallest absolute Gasteiger partial charge is 0.246 e. The van der Waals surface area contributed by atoms with Crippen LogP contribution in [0.5, 0.6) is 0 Å². The van der Waals surface area contributed by atoms with E-state index in [1.54, 1.807) is 0 Å². The van der Waals surface area contributed by atoms with Crippen molar-refractivity contribution in [1.82, 2.24) is 4.90 Å². The van der Waals surface area contributed by atoms with E-state index < -0.39 is 0 Å². The van der Waals surface area contributed by atoms with Crippen molar-refractivity contribution < 1.29 is 4.79 Å².